The fourth-order valence-electron chi connectivity index (χ4n) is 3.21. The molecule has 0 saturated heterocycles. The maximum atomic E-state index is 12.9. The summed E-state index contributed by atoms with van der Waals surface area (Å²) in [5.74, 6) is 0.995. The Morgan fingerprint density at radius 1 is 1.27 bits per heavy atom. The van der Waals surface area contributed by atoms with E-state index in [9.17, 15) is 4.79 Å². The van der Waals surface area contributed by atoms with Gasteiger partial charge in [0.05, 0.1) is 17.2 Å². The third-order valence-electron chi connectivity index (χ3n) is 4.69. The molecule has 0 atom stereocenters. The van der Waals surface area contributed by atoms with Gasteiger partial charge in [0, 0.05) is 37.6 Å². The number of hydrogen-bond acceptors (Lipinski definition) is 5. The van der Waals surface area contributed by atoms with Gasteiger partial charge in [-0.2, -0.15) is 0 Å². The first-order chi connectivity index (χ1) is 12.5. The Bertz CT molecular complexity index is 948. The van der Waals surface area contributed by atoms with Crippen LogP contribution in [0.1, 0.15) is 33.6 Å². The summed E-state index contributed by atoms with van der Waals surface area (Å²) >= 11 is 1.40. The van der Waals surface area contributed by atoms with Gasteiger partial charge in [-0.05, 0) is 37.5 Å². The smallest absolute Gasteiger partial charge is 0.266 e. The number of fused-ring (bicyclic) bond motifs is 1. The highest BCUT2D eigenvalue weighted by molar-refractivity contribution is 7.11. The van der Waals surface area contributed by atoms with E-state index in [0.717, 1.165) is 35.1 Å². The fraction of sp³-hybridized carbons (Fsp3) is 0.350. The molecule has 26 heavy (non-hydrogen) atoms. The van der Waals surface area contributed by atoms with Gasteiger partial charge in [0.1, 0.15) is 10.7 Å². The molecule has 5 nitrogen and oxygen atoms in total. The molecule has 0 radical (unpaired) electrons. The maximum absolute atomic E-state index is 12.9. The Morgan fingerprint density at radius 3 is 2.73 bits per heavy atom. The van der Waals surface area contributed by atoms with Gasteiger partial charge < -0.3 is 9.80 Å². The molecule has 4 rings (SSSR count). The minimum atomic E-state index is 0.0729. The molecule has 1 saturated carbocycles. The van der Waals surface area contributed by atoms with Crippen LogP contribution in [0.5, 0.6) is 0 Å². The summed E-state index contributed by atoms with van der Waals surface area (Å²) in [7, 11) is 4.00. The zero-order valence-electron chi connectivity index (χ0n) is 15.3. The van der Waals surface area contributed by atoms with Crippen molar-refractivity contribution in [2.24, 2.45) is 0 Å². The summed E-state index contributed by atoms with van der Waals surface area (Å²) in [5, 5.41) is 1.11. The molecule has 134 valence electrons. The number of aromatic nitrogens is 2. The lowest BCUT2D eigenvalue weighted by Crippen LogP contribution is -2.32. The second-order valence-electron chi connectivity index (χ2n) is 7.09. The number of amides is 1. The Kier molecular flexibility index (Phi) is 4.36. The van der Waals surface area contributed by atoms with Crippen LogP contribution >= 0.6 is 11.3 Å². The van der Waals surface area contributed by atoms with Crippen LogP contribution in [0, 0.1) is 6.92 Å². The van der Waals surface area contributed by atoms with Crippen molar-refractivity contribution < 1.29 is 4.79 Å². The van der Waals surface area contributed by atoms with Gasteiger partial charge in [-0.3, -0.25) is 9.78 Å². The average Bonchev–Trinajstić information content (AvgIpc) is 3.31. The molecule has 1 aliphatic carbocycles. The normalized spacial score (nSPS) is 13.8. The van der Waals surface area contributed by atoms with E-state index in [1.54, 1.807) is 11.7 Å². The molecular formula is C20H22N4OS. The van der Waals surface area contributed by atoms with Gasteiger partial charge in [-0.1, -0.05) is 12.1 Å². The molecule has 3 aromatic rings. The fourth-order valence-corrected chi connectivity index (χ4v) is 3.79. The molecular weight excluding hydrogens is 344 g/mol. The van der Waals surface area contributed by atoms with Crippen LogP contribution < -0.4 is 4.90 Å². The van der Waals surface area contributed by atoms with E-state index < -0.39 is 0 Å². The van der Waals surface area contributed by atoms with Gasteiger partial charge in [0.2, 0.25) is 0 Å². The highest BCUT2D eigenvalue weighted by Crippen LogP contribution is 2.33. The molecule has 0 aliphatic heterocycles. The van der Waals surface area contributed by atoms with Gasteiger partial charge in [-0.25, -0.2) is 4.98 Å². The zero-order valence-corrected chi connectivity index (χ0v) is 16.1. The molecule has 0 unspecified atom stereocenters. The van der Waals surface area contributed by atoms with Crippen LogP contribution in [0.3, 0.4) is 0 Å². The largest absolute Gasteiger partial charge is 0.362 e. The van der Waals surface area contributed by atoms with Crippen LogP contribution in [-0.4, -0.2) is 40.9 Å². The van der Waals surface area contributed by atoms with Crippen molar-refractivity contribution in [3.8, 4) is 0 Å². The van der Waals surface area contributed by atoms with Crippen LogP contribution in [-0.2, 0) is 6.54 Å². The Balaban J connectivity index is 1.73. The topological polar surface area (TPSA) is 49.3 Å². The minimum absolute atomic E-state index is 0.0729. The van der Waals surface area contributed by atoms with Crippen LogP contribution in [0.25, 0.3) is 10.9 Å². The number of carbonyl (C=O) groups excluding carboxylic acids is 1. The number of hydrogen-bond donors (Lipinski definition) is 0. The van der Waals surface area contributed by atoms with Crippen molar-refractivity contribution in [2.45, 2.75) is 32.4 Å². The molecule has 2 heterocycles. The Labute approximate surface area is 157 Å². The van der Waals surface area contributed by atoms with Gasteiger partial charge in [-0.15, -0.1) is 11.3 Å². The molecule has 6 heteroatoms. The number of benzene rings is 1. The Morgan fingerprint density at radius 2 is 2.08 bits per heavy atom. The summed E-state index contributed by atoms with van der Waals surface area (Å²) in [6.07, 6.45) is 3.81. The molecule has 1 aromatic carbocycles. The first-order valence-electron chi connectivity index (χ1n) is 8.80. The number of pyridine rings is 1. The lowest BCUT2D eigenvalue weighted by atomic mass is 10.1. The van der Waals surface area contributed by atoms with E-state index in [1.807, 2.05) is 23.9 Å². The third-order valence-corrected chi connectivity index (χ3v) is 5.45. The first-order valence-corrected chi connectivity index (χ1v) is 9.68. The van der Waals surface area contributed by atoms with Gasteiger partial charge in [0.25, 0.3) is 5.91 Å². The van der Waals surface area contributed by atoms with Crippen molar-refractivity contribution in [1.82, 2.24) is 14.9 Å². The SMILES string of the molecule is Cc1ccc2cc(CN(C(=O)c3cncs3)C3CC3)c(N(C)C)nc2c1. The third kappa shape index (κ3) is 3.29. The monoisotopic (exact) mass is 366 g/mol. The Hall–Kier alpha value is -2.47. The van der Waals surface area contributed by atoms with Crippen LogP contribution in [0.4, 0.5) is 5.82 Å². The van der Waals surface area contributed by atoms with Gasteiger partial charge >= 0.3 is 0 Å². The molecule has 1 fully saturated rings. The van der Waals surface area contributed by atoms with E-state index in [-0.39, 0.29) is 5.91 Å². The maximum Gasteiger partial charge on any atom is 0.266 e. The van der Waals surface area contributed by atoms with E-state index >= 15 is 0 Å². The second kappa shape index (κ2) is 6.68. The van der Waals surface area contributed by atoms with Crippen molar-refractivity contribution in [3.63, 3.8) is 0 Å². The zero-order chi connectivity index (χ0) is 18.3. The number of nitrogens with zero attached hydrogens (tertiary/aromatic N) is 4. The molecule has 0 N–H and O–H groups in total. The number of anilines is 1. The van der Waals surface area contributed by atoms with Crippen molar-refractivity contribution in [1.29, 1.82) is 0 Å². The molecule has 1 amide bonds. The second-order valence-corrected chi connectivity index (χ2v) is 7.98. The summed E-state index contributed by atoms with van der Waals surface area (Å²) in [6, 6.07) is 8.81. The quantitative estimate of drug-likeness (QED) is 0.688. The van der Waals surface area contributed by atoms with Crippen LogP contribution in [0.2, 0.25) is 0 Å². The van der Waals surface area contributed by atoms with E-state index in [0.29, 0.717) is 17.5 Å². The number of rotatable bonds is 5. The number of aryl methyl sites for hydroxylation is 1. The molecule has 0 spiro atoms. The van der Waals surface area contributed by atoms with E-state index in [4.69, 9.17) is 4.98 Å². The molecule has 1 aliphatic rings. The van der Waals surface area contributed by atoms with Crippen molar-refractivity contribution in [3.05, 3.63) is 52.0 Å². The van der Waals surface area contributed by atoms with Crippen LogP contribution in [0.15, 0.2) is 36.0 Å². The van der Waals surface area contributed by atoms with E-state index in [2.05, 4.69) is 36.2 Å². The summed E-state index contributed by atoms with van der Waals surface area (Å²) in [6.45, 7) is 2.65. The van der Waals surface area contributed by atoms with E-state index in [1.165, 1.54) is 16.9 Å². The predicted octanol–water partition coefficient (Wildman–Crippen LogP) is 3.87. The summed E-state index contributed by atoms with van der Waals surface area (Å²) < 4.78 is 0. The minimum Gasteiger partial charge on any atom is -0.362 e. The first kappa shape index (κ1) is 17.0. The predicted molar refractivity (Wildman–Crippen MR) is 106 cm³/mol. The highest BCUT2D eigenvalue weighted by Gasteiger charge is 2.34. The number of thiazole rings is 1. The average molecular weight is 366 g/mol. The molecule has 2 aromatic heterocycles. The standard InChI is InChI=1S/C20H22N4OS/c1-13-4-5-14-9-15(19(23(2)3)22-17(14)8-13)11-24(16-6-7-16)20(25)18-10-21-12-26-18/h4-5,8-10,12,16H,6-7,11H2,1-3H3. The highest BCUT2D eigenvalue weighted by atomic mass is 32.1. The lowest BCUT2D eigenvalue weighted by Gasteiger charge is -2.25. The lowest BCUT2D eigenvalue weighted by molar-refractivity contribution is 0.0735. The molecule has 0 bridgehead atoms. The number of carbonyl (C=O) groups is 1. The van der Waals surface area contributed by atoms with Gasteiger partial charge in [0.15, 0.2) is 0 Å². The van der Waals surface area contributed by atoms with Crippen molar-refractivity contribution in [2.75, 3.05) is 19.0 Å². The van der Waals surface area contributed by atoms with Crippen molar-refractivity contribution >= 4 is 34.0 Å². The summed E-state index contributed by atoms with van der Waals surface area (Å²) in [5.41, 5.74) is 4.98. The summed E-state index contributed by atoms with van der Waals surface area (Å²) in [4.78, 5) is 26.6.